The summed E-state index contributed by atoms with van der Waals surface area (Å²) in [4.78, 5) is 11.9. The number of aryl methyl sites for hydroxylation is 1. The van der Waals surface area contributed by atoms with Gasteiger partial charge in [-0.2, -0.15) is 17.6 Å². The van der Waals surface area contributed by atoms with Crippen molar-refractivity contribution in [3.63, 3.8) is 0 Å². The minimum atomic E-state index is -4.67. The predicted octanol–water partition coefficient (Wildman–Crippen LogP) is 4.25. The van der Waals surface area contributed by atoms with Crippen molar-refractivity contribution in [2.75, 3.05) is 11.9 Å². The summed E-state index contributed by atoms with van der Waals surface area (Å²) in [6.07, 6.45) is -8.67. The fraction of sp³-hybridized carbons (Fsp3) is 0.235. The molecule has 0 saturated carbocycles. The summed E-state index contributed by atoms with van der Waals surface area (Å²) >= 11 is 0. The first-order valence-corrected chi connectivity index (χ1v) is 7.21. The van der Waals surface area contributed by atoms with Gasteiger partial charge in [0.15, 0.2) is 6.61 Å². The zero-order chi connectivity index (χ0) is 18.4. The summed E-state index contributed by atoms with van der Waals surface area (Å²) in [7, 11) is 0. The fourth-order valence-electron chi connectivity index (χ4n) is 1.89. The van der Waals surface area contributed by atoms with E-state index < -0.39 is 24.2 Å². The maximum Gasteiger partial charge on any atom is 0.461 e. The summed E-state index contributed by atoms with van der Waals surface area (Å²) < 4.78 is 59.9. The third-order valence-electron chi connectivity index (χ3n) is 3.02. The smallest absolute Gasteiger partial charge is 0.461 e. The lowest BCUT2D eigenvalue weighted by molar-refractivity contribution is -0.252. The molecule has 0 aliphatic rings. The molecule has 0 bridgehead atoms. The number of amides is 1. The Kier molecular flexibility index (Phi) is 5.84. The van der Waals surface area contributed by atoms with Crippen LogP contribution in [-0.4, -0.2) is 25.0 Å². The molecule has 8 heteroatoms. The van der Waals surface area contributed by atoms with Gasteiger partial charge in [-0.05, 0) is 36.8 Å². The molecule has 0 aliphatic carbocycles. The Bertz CT molecular complexity index is 737. The number of ether oxygens (including phenoxy) is 2. The Hall–Kier alpha value is -2.77. The maximum absolute atomic E-state index is 13.0. The van der Waals surface area contributed by atoms with Crippen LogP contribution in [0.5, 0.6) is 11.5 Å². The van der Waals surface area contributed by atoms with Crippen molar-refractivity contribution >= 4 is 11.6 Å². The molecule has 1 amide bonds. The van der Waals surface area contributed by atoms with Crippen LogP contribution in [0.4, 0.5) is 23.2 Å². The van der Waals surface area contributed by atoms with Gasteiger partial charge >= 0.3 is 12.5 Å². The number of hydrogen-bond acceptors (Lipinski definition) is 3. The molecule has 0 aliphatic heterocycles. The number of alkyl halides is 4. The molecule has 134 valence electrons. The molecule has 0 saturated heterocycles. The number of para-hydroxylation sites is 2. The van der Waals surface area contributed by atoms with Crippen molar-refractivity contribution < 1.29 is 31.8 Å². The minimum absolute atomic E-state index is 0.166. The summed E-state index contributed by atoms with van der Waals surface area (Å²) in [6.45, 7) is 1.47. The number of rotatable bonds is 7. The molecule has 2 aromatic rings. The van der Waals surface area contributed by atoms with Crippen molar-refractivity contribution in [3.8, 4) is 11.5 Å². The normalized spacial score (nSPS) is 11.3. The molecule has 0 spiro atoms. The Morgan fingerprint density at radius 3 is 2.56 bits per heavy atom. The van der Waals surface area contributed by atoms with Gasteiger partial charge in [0, 0.05) is 0 Å². The molecule has 0 atom stereocenters. The quantitative estimate of drug-likeness (QED) is 0.754. The second kappa shape index (κ2) is 7.87. The van der Waals surface area contributed by atoms with Gasteiger partial charge in [0.2, 0.25) is 0 Å². The molecule has 4 nitrogen and oxygen atoms in total. The number of nitrogens with one attached hydrogen (secondary N) is 1. The van der Waals surface area contributed by atoms with E-state index in [4.69, 9.17) is 4.74 Å². The van der Waals surface area contributed by atoms with E-state index in [-0.39, 0.29) is 12.3 Å². The number of halogens is 4. The molecule has 0 fully saturated rings. The van der Waals surface area contributed by atoms with Crippen molar-refractivity contribution in [1.29, 1.82) is 0 Å². The van der Waals surface area contributed by atoms with E-state index in [1.54, 1.807) is 18.2 Å². The Morgan fingerprint density at radius 1 is 1.16 bits per heavy atom. The lowest BCUT2D eigenvalue weighted by Gasteiger charge is -2.19. The van der Waals surface area contributed by atoms with Crippen LogP contribution in [0.1, 0.15) is 5.56 Å². The van der Waals surface area contributed by atoms with Crippen molar-refractivity contribution in [3.05, 3.63) is 54.1 Å². The van der Waals surface area contributed by atoms with Gasteiger partial charge in [-0.15, -0.1) is 0 Å². The van der Waals surface area contributed by atoms with Crippen molar-refractivity contribution in [1.82, 2.24) is 0 Å². The number of benzene rings is 2. The van der Waals surface area contributed by atoms with Gasteiger partial charge in [-0.1, -0.05) is 24.3 Å². The van der Waals surface area contributed by atoms with Crippen molar-refractivity contribution in [2.45, 2.75) is 19.5 Å². The van der Waals surface area contributed by atoms with Gasteiger partial charge in [-0.25, -0.2) is 0 Å². The zero-order valence-corrected chi connectivity index (χ0v) is 13.1. The van der Waals surface area contributed by atoms with E-state index in [0.717, 1.165) is 11.6 Å². The van der Waals surface area contributed by atoms with Gasteiger partial charge in [0.05, 0.1) is 5.69 Å². The van der Waals surface area contributed by atoms with E-state index in [2.05, 4.69) is 10.1 Å². The van der Waals surface area contributed by atoms with Crippen LogP contribution in [0.2, 0.25) is 0 Å². The molecule has 2 aromatic carbocycles. The molecule has 0 radical (unpaired) electrons. The molecule has 0 heterocycles. The van der Waals surface area contributed by atoms with E-state index in [1.165, 1.54) is 18.2 Å². The molecule has 25 heavy (non-hydrogen) atoms. The van der Waals surface area contributed by atoms with Crippen LogP contribution < -0.4 is 14.8 Å². The molecule has 1 N–H and O–H groups in total. The summed E-state index contributed by atoms with van der Waals surface area (Å²) in [5.41, 5.74) is 0.770. The van der Waals surface area contributed by atoms with Crippen molar-refractivity contribution in [2.24, 2.45) is 0 Å². The highest BCUT2D eigenvalue weighted by molar-refractivity contribution is 5.93. The first-order chi connectivity index (χ1) is 11.8. The van der Waals surface area contributed by atoms with Crippen LogP contribution in [-0.2, 0) is 4.79 Å². The number of carbonyl (C=O) groups excluding carboxylic acids is 1. The van der Waals surface area contributed by atoms with Gasteiger partial charge in [0.1, 0.15) is 11.5 Å². The SMILES string of the molecule is Cc1cccc(OCC(=O)Nc2ccccc2OC(F)(F)C(F)F)c1. The largest absolute Gasteiger partial charge is 0.484 e. The summed E-state index contributed by atoms with van der Waals surface area (Å²) in [6, 6.07) is 12.0. The number of hydrogen-bond donors (Lipinski definition) is 1. The standard InChI is InChI=1S/C17H15F4NO3/c1-11-5-4-6-12(9-11)24-10-15(23)22-13-7-2-3-8-14(13)25-17(20,21)16(18)19/h2-9,16H,10H2,1H3,(H,22,23). The molecule has 0 aromatic heterocycles. The minimum Gasteiger partial charge on any atom is -0.484 e. The lowest BCUT2D eigenvalue weighted by Crippen LogP contribution is -2.34. The third-order valence-corrected chi connectivity index (χ3v) is 3.02. The van der Waals surface area contributed by atoms with E-state index >= 15 is 0 Å². The average Bonchev–Trinajstić information content (AvgIpc) is 2.54. The second-order valence-corrected chi connectivity index (χ2v) is 5.11. The molecule has 2 rings (SSSR count). The topological polar surface area (TPSA) is 47.6 Å². The summed E-state index contributed by atoms with van der Waals surface area (Å²) in [5.74, 6) is -0.765. The molecular weight excluding hydrogens is 342 g/mol. The maximum atomic E-state index is 13.0. The van der Waals surface area contributed by atoms with Crippen LogP contribution in [0.15, 0.2) is 48.5 Å². The van der Waals surface area contributed by atoms with E-state index in [1.807, 2.05) is 13.0 Å². The Balaban J connectivity index is 2.01. The number of anilines is 1. The Labute approximate surface area is 141 Å². The molecular formula is C17H15F4NO3. The fourth-order valence-corrected chi connectivity index (χ4v) is 1.89. The van der Waals surface area contributed by atoms with Gasteiger partial charge in [-0.3, -0.25) is 4.79 Å². The van der Waals surface area contributed by atoms with Crippen LogP contribution in [0.25, 0.3) is 0 Å². The Morgan fingerprint density at radius 2 is 1.88 bits per heavy atom. The predicted molar refractivity (Wildman–Crippen MR) is 83.3 cm³/mol. The summed E-state index contributed by atoms with van der Waals surface area (Å²) in [5, 5.41) is 2.29. The first-order valence-electron chi connectivity index (χ1n) is 7.21. The molecule has 0 unspecified atom stereocenters. The van der Waals surface area contributed by atoms with Gasteiger partial charge < -0.3 is 14.8 Å². The average molecular weight is 357 g/mol. The van der Waals surface area contributed by atoms with Gasteiger partial charge in [0.25, 0.3) is 5.91 Å². The van der Waals surface area contributed by atoms with Crippen LogP contribution >= 0.6 is 0 Å². The number of carbonyl (C=O) groups is 1. The monoisotopic (exact) mass is 357 g/mol. The zero-order valence-electron chi connectivity index (χ0n) is 13.1. The van der Waals surface area contributed by atoms with Crippen LogP contribution in [0.3, 0.4) is 0 Å². The van der Waals surface area contributed by atoms with E-state index in [9.17, 15) is 22.4 Å². The van der Waals surface area contributed by atoms with Crippen LogP contribution in [0, 0.1) is 6.92 Å². The highest BCUT2D eigenvalue weighted by Gasteiger charge is 2.44. The second-order valence-electron chi connectivity index (χ2n) is 5.11. The highest BCUT2D eigenvalue weighted by Crippen LogP contribution is 2.32. The first kappa shape index (κ1) is 18.6. The third kappa shape index (κ3) is 5.37. The van der Waals surface area contributed by atoms with E-state index in [0.29, 0.717) is 5.75 Å². The highest BCUT2D eigenvalue weighted by atomic mass is 19.3. The lowest BCUT2D eigenvalue weighted by atomic mass is 10.2.